The molecule has 1 rings (SSSR count). The highest BCUT2D eigenvalue weighted by Crippen LogP contribution is 2.04. The Balaban J connectivity index is 0.000000621. The molecule has 10 nitrogen and oxygen atoms in total. The summed E-state index contributed by atoms with van der Waals surface area (Å²) in [6.45, 7) is 1.48. The molecular weight excluding hydrogens is 372 g/mol. The van der Waals surface area contributed by atoms with Crippen molar-refractivity contribution in [3.8, 4) is 0 Å². The van der Waals surface area contributed by atoms with Gasteiger partial charge in [0.15, 0.2) is 0 Å². The molecule has 1 aromatic rings. The summed E-state index contributed by atoms with van der Waals surface area (Å²) < 4.78 is 0. The minimum Gasteiger partial charge on any atom is -0.481 e. The van der Waals surface area contributed by atoms with Gasteiger partial charge in [-0.1, -0.05) is 30.3 Å². The Kier molecular flexibility index (Phi) is 11.8. The maximum absolute atomic E-state index is 11.4. The Morgan fingerprint density at radius 2 is 1.61 bits per heavy atom. The van der Waals surface area contributed by atoms with Gasteiger partial charge in [-0.3, -0.25) is 14.4 Å². The summed E-state index contributed by atoms with van der Waals surface area (Å²) in [4.78, 5) is 42.3. The maximum Gasteiger partial charge on any atom is 0.326 e. The first kappa shape index (κ1) is 25.0. The molecule has 0 aromatic heterocycles. The summed E-state index contributed by atoms with van der Waals surface area (Å²) in [6.07, 6.45) is -0.880. The first-order valence-corrected chi connectivity index (χ1v) is 8.47. The second-order valence-corrected chi connectivity index (χ2v) is 6.08. The Labute approximate surface area is 162 Å². The second-order valence-electron chi connectivity index (χ2n) is 6.08. The van der Waals surface area contributed by atoms with Crippen molar-refractivity contribution in [2.45, 2.75) is 50.8 Å². The first-order chi connectivity index (χ1) is 13.0. The van der Waals surface area contributed by atoms with Crippen LogP contribution in [0.1, 0.15) is 31.7 Å². The van der Waals surface area contributed by atoms with E-state index in [-0.39, 0.29) is 25.7 Å². The van der Waals surface area contributed by atoms with Crippen molar-refractivity contribution in [1.82, 2.24) is 5.32 Å². The van der Waals surface area contributed by atoms with E-state index in [2.05, 4.69) is 5.32 Å². The van der Waals surface area contributed by atoms with Crippen molar-refractivity contribution in [3.63, 3.8) is 0 Å². The molecule has 0 radical (unpaired) electrons. The molecule has 0 saturated carbocycles. The van der Waals surface area contributed by atoms with E-state index >= 15 is 0 Å². The molecule has 0 saturated heterocycles. The fourth-order valence-electron chi connectivity index (χ4n) is 1.97. The van der Waals surface area contributed by atoms with Crippen molar-refractivity contribution in [1.29, 1.82) is 0 Å². The smallest absolute Gasteiger partial charge is 0.326 e. The average molecular weight is 398 g/mol. The SMILES string of the molecule is CC(O)CC(=O)NC(Cc1ccccc1)C(=O)O.NC(CCC(=O)O)C(=O)O. The number of amides is 1. The van der Waals surface area contributed by atoms with Crippen LogP contribution in [-0.4, -0.2) is 62.4 Å². The van der Waals surface area contributed by atoms with Crippen LogP contribution in [0.3, 0.4) is 0 Å². The Hall–Kier alpha value is -2.98. The van der Waals surface area contributed by atoms with Crippen LogP contribution in [0.15, 0.2) is 30.3 Å². The minimum absolute atomic E-state index is 0.0231. The molecule has 3 unspecified atom stereocenters. The van der Waals surface area contributed by atoms with E-state index in [1.165, 1.54) is 6.92 Å². The van der Waals surface area contributed by atoms with Crippen molar-refractivity contribution in [2.75, 3.05) is 0 Å². The summed E-state index contributed by atoms with van der Waals surface area (Å²) in [6, 6.07) is 7.03. The van der Waals surface area contributed by atoms with Gasteiger partial charge in [0.1, 0.15) is 12.1 Å². The van der Waals surface area contributed by atoms with Gasteiger partial charge in [0.25, 0.3) is 0 Å². The van der Waals surface area contributed by atoms with Crippen LogP contribution in [0.4, 0.5) is 0 Å². The van der Waals surface area contributed by atoms with E-state index in [4.69, 9.17) is 26.2 Å². The topological polar surface area (TPSA) is 187 Å². The number of aliphatic carboxylic acids is 3. The van der Waals surface area contributed by atoms with Gasteiger partial charge in [-0.25, -0.2) is 4.79 Å². The molecule has 1 aromatic carbocycles. The predicted molar refractivity (Wildman–Crippen MR) is 98.5 cm³/mol. The van der Waals surface area contributed by atoms with Crippen molar-refractivity contribution < 1.29 is 39.6 Å². The summed E-state index contributed by atoms with van der Waals surface area (Å²) in [5.41, 5.74) is 5.84. The molecule has 10 heteroatoms. The van der Waals surface area contributed by atoms with Crippen LogP contribution in [0.2, 0.25) is 0 Å². The molecule has 0 aliphatic rings. The molecule has 28 heavy (non-hydrogen) atoms. The molecule has 0 fully saturated rings. The van der Waals surface area contributed by atoms with Gasteiger partial charge < -0.3 is 31.5 Å². The monoisotopic (exact) mass is 398 g/mol. The molecule has 156 valence electrons. The van der Waals surface area contributed by atoms with Crippen LogP contribution in [0, 0.1) is 0 Å². The Morgan fingerprint density at radius 1 is 1.04 bits per heavy atom. The number of nitrogens with one attached hydrogen (secondary N) is 1. The molecule has 1 amide bonds. The summed E-state index contributed by atoms with van der Waals surface area (Å²) in [7, 11) is 0. The predicted octanol–water partition coefficient (Wildman–Crippen LogP) is -0.167. The van der Waals surface area contributed by atoms with Crippen LogP contribution in [0.25, 0.3) is 0 Å². The molecule has 0 bridgehead atoms. The zero-order valence-corrected chi connectivity index (χ0v) is 15.4. The number of nitrogens with two attached hydrogens (primary N) is 1. The zero-order valence-electron chi connectivity index (χ0n) is 15.4. The van der Waals surface area contributed by atoms with Crippen molar-refractivity contribution in [3.05, 3.63) is 35.9 Å². The third kappa shape index (κ3) is 12.4. The largest absolute Gasteiger partial charge is 0.481 e. The van der Waals surface area contributed by atoms with Gasteiger partial charge in [0, 0.05) is 12.8 Å². The molecule has 7 N–H and O–H groups in total. The maximum atomic E-state index is 11.4. The van der Waals surface area contributed by atoms with Gasteiger partial charge >= 0.3 is 17.9 Å². The lowest BCUT2D eigenvalue weighted by Gasteiger charge is -2.15. The van der Waals surface area contributed by atoms with Gasteiger partial charge in [-0.15, -0.1) is 0 Å². The van der Waals surface area contributed by atoms with Crippen LogP contribution in [-0.2, 0) is 25.6 Å². The molecule has 0 heterocycles. The highest BCUT2D eigenvalue weighted by molar-refractivity contribution is 5.84. The van der Waals surface area contributed by atoms with E-state index < -0.39 is 42.0 Å². The molecular formula is C18H26N2O8. The first-order valence-electron chi connectivity index (χ1n) is 8.47. The van der Waals surface area contributed by atoms with Crippen molar-refractivity contribution >= 4 is 23.8 Å². The number of benzene rings is 1. The number of rotatable bonds is 10. The number of carbonyl (C=O) groups is 4. The van der Waals surface area contributed by atoms with E-state index in [1.807, 2.05) is 18.2 Å². The number of carboxylic acids is 3. The van der Waals surface area contributed by atoms with Crippen LogP contribution < -0.4 is 11.1 Å². The van der Waals surface area contributed by atoms with Gasteiger partial charge in [0.05, 0.1) is 12.5 Å². The third-order valence-corrected chi connectivity index (χ3v) is 3.38. The number of hydrogen-bond donors (Lipinski definition) is 6. The van der Waals surface area contributed by atoms with Crippen LogP contribution >= 0.6 is 0 Å². The second kappa shape index (κ2) is 13.2. The van der Waals surface area contributed by atoms with E-state index in [0.717, 1.165) is 5.56 Å². The normalized spacial score (nSPS) is 13.2. The highest BCUT2D eigenvalue weighted by atomic mass is 16.4. The molecule has 0 aliphatic heterocycles. The molecule has 0 spiro atoms. The lowest BCUT2D eigenvalue weighted by atomic mass is 10.1. The van der Waals surface area contributed by atoms with E-state index in [1.54, 1.807) is 12.1 Å². The lowest BCUT2D eigenvalue weighted by Crippen LogP contribution is -2.43. The quantitative estimate of drug-likeness (QED) is 0.311. The molecule has 3 atom stereocenters. The Morgan fingerprint density at radius 3 is 2.04 bits per heavy atom. The van der Waals surface area contributed by atoms with Crippen LogP contribution in [0.5, 0.6) is 0 Å². The van der Waals surface area contributed by atoms with Gasteiger partial charge in [-0.2, -0.15) is 0 Å². The number of aliphatic hydroxyl groups excluding tert-OH is 1. The lowest BCUT2D eigenvalue weighted by molar-refractivity contribution is -0.142. The van der Waals surface area contributed by atoms with Crippen molar-refractivity contribution in [2.24, 2.45) is 5.73 Å². The number of carboxylic acid groups (broad SMARTS) is 3. The van der Waals surface area contributed by atoms with E-state index in [0.29, 0.717) is 0 Å². The number of aliphatic hydroxyl groups is 1. The standard InChI is InChI=1S/C13H17NO4.C5H9NO4/c1-9(15)7-12(16)14-11(13(17)18)8-10-5-3-2-4-6-10;6-3(5(9)10)1-2-4(7)8/h2-6,9,11,15H,7-8H2,1H3,(H,14,16)(H,17,18);3H,1-2,6H2,(H,7,8)(H,9,10). The number of carbonyl (C=O) groups excluding carboxylic acids is 1. The summed E-state index contributed by atoms with van der Waals surface area (Å²) in [5, 5.41) is 36.8. The fraction of sp³-hybridized carbons (Fsp3) is 0.444. The van der Waals surface area contributed by atoms with Gasteiger partial charge in [0.2, 0.25) is 5.91 Å². The summed E-state index contributed by atoms with van der Waals surface area (Å²) >= 11 is 0. The number of hydrogen-bond acceptors (Lipinski definition) is 6. The van der Waals surface area contributed by atoms with E-state index in [9.17, 15) is 19.2 Å². The average Bonchev–Trinajstić information content (AvgIpc) is 2.59. The van der Waals surface area contributed by atoms with Gasteiger partial charge in [-0.05, 0) is 18.9 Å². The minimum atomic E-state index is -1.17. The fourth-order valence-corrected chi connectivity index (χ4v) is 1.97. The zero-order chi connectivity index (χ0) is 21.7. The molecule has 0 aliphatic carbocycles. The summed E-state index contributed by atoms with van der Waals surface area (Å²) in [5.74, 6) is -3.75. The third-order valence-electron chi connectivity index (χ3n) is 3.38. The highest BCUT2D eigenvalue weighted by Gasteiger charge is 2.20. The Bertz CT molecular complexity index is 648.